The van der Waals surface area contributed by atoms with Crippen LogP contribution >= 0.6 is 0 Å². The van der Waals surface area contributed by atoms with E-state index in [1.54, 1.807) is 35.1 Å². The second-order valence-corrected chi connectivity index (χ2v) is 7.20. The molecule has 6 heteroatoms. The lowest BCUT2D eigenvalue weighted by Gasteiger charge is -2.11. The lowest BCUT2D eigenvalue weighted by molar-refractivity contribution is -0.115. The van der Waals surface area contributed by atoms with E-state index in [0.29, 0.717) is 11.5 Å². The van der Waals surface area contributed by atoms with Gasteiger partial charge < -0.3 is 5.32 Å². The van der Waals surface area contributed by atoms with Crippen molar-refractivity contribution in [2.45, 2.75) is 27.2 Å². The van der Waals surface area contributed by atoms with Crippen molar-refractivity contribution in [1.29, 1.82) is 0 Å². The number of hydrogen-bond donors (Lipinski definition) is 1. The minimum atomic E-state index is -0.324. The van der Waals surface area contributed by atoms with Crippen LogP contribution in [0.5, 0.6) is 0 Å². The third-order valence-electron chi connectivity index (χ3n) is 3.72. The van der Waals surface area contributed by atoms with E-state index in [-0.39, 0.29) is 23.6 Å². The van der Waals surface area contributed by atoms with E-state index in [0.717, 1.165) is 11.1 Å². The number of amides is 1. The summed E-state index contributed by atoms with van der Waals surface area (Å²) in [5.41, 5.74) is 2.15. The summed E-state index contributed by atoms with van der Waals surface area (Å²) in [6, 6.07) is 7.66. The molecular formula is C20H21FN4O. The number of anilines is 1. The number of aromatic nitrogens is 3. The van der Waals surface area contributed by atoms with Crippen molar-refractivity contribution in [3.05, 3.63) is 65.7 Å². The topological polar surface area (TPSA) is 59.3 Å². The standard InChI is InChI=1S/C20H21FN4O/c1-20(2,3)10-9-16-18(24-25-12-4-11-22-19(16)25)23-17(26)13-14-5-7-15(21)8-6-14/h4-12H,13H2,1-3H3,(H,23,24,26). The lowest BCUT2D eigenvalue weighted by Crippen LogP contribution is -2.15. The van der Waals surface area contributed by atoms with Crippen molar-refractivity contribution in [2.24, 2.45) is 5.41 Å². The van der Waals surface area contributed by atoms with E-state index in [4.69, 9.17) is 0 Å². The van der Waals surface area contributed by atoms with Gasteiger partial charge in [-0.15, -0.1) is 5.10 Å². The molecule has 26 heavy (non-hydrogen) atoms. The number of fused-ring (bicyclic) bond motifs is 1. The molecule has 0 saturated heterocycles. The minimum Gasteiger partial charge on any atom is -0.308 e. The van der Waals surface area contributed by atoms with Crippen LogP contribution < -0.4 is 5.32 Å². The molecule has 2 heterocycles. The van der Waals surface area contributed by atoms with Crippen molar-refractivity contribution in [3.63, 3.8) is 0 Å². The Balaban J connectivity index is 1.87. The van der Waals surface area contributed by atoms with E-state index in [1.165, 1.54) is 12.1 Å². The Labute approximate surface area is 151 Å². The number of halogens is 1. The zero-order valence-electron chi connectivity index (χ0n) is 15.0. The maximum absolute atomic E-state index is 13.0. The van der Waals surface area contributed by atoms with Gasteiger partial charge in [0.25, 0.3) is 0 Å². The van der Waals surface area contributed by atoms with Crippen molar-refractivity contribution >= 4 is 23.4 Å². The minimum absolute atomic E-state index is 0.0154. The Morgan fingerprint density at radius 3 is 2.69 bits per heavy atom. The third-order valence-corrected chi connectivity index (χ3v) is 3.72. The zero-order chi connectivity index (χ0) is 18.7. The van der Waals surface area contributed by atoms with Crippen LogP contribution in [0.4, 0.5) is 10.2 Å². The molecule has 0 spiro atoms. The van der Waals surface area contributed by atoms with E-state index in [1.807, 2.05) is 12.2 Å². The molecule has 3 aromatic rings. The van der Waals surface area contributed by atoms with Gasteiger partial charge in [0.15, 0.2) is 11.5 Å². The van der Waals surface area contributed by atoms with E-state index < -0.39 is 0 Å². The van der Waals surface area contributed by atoms with Crippen LogP contribution in [-0.4, -0.2) is 20.5 Å². The average Bonchev–Trinajstić information content (AvgIpc) is 2.91. The maximum atomic E-state index is 13.0. The summed E-state index contributed by atoms with van der Waals surface area (Å²) in [5.74, 6) is -0.0862. The van der Waals surface area contributed by atoms with Gasteiger partial charge in [-0.1, -0.05) is 45.1 Å². The van der Waals surface area contributed by atoms with Gasteiger partial charge in [-0.05, 0) is 29.2 Å². The summed E-state index contributed by atoms with van der Waals surface area (Å²) in [4.78, 5) is 16.8. The van der Waals surface area contributed by atoms with Crippen LogP contribution in [0.15, 0.2) is 48.8 Å². The Bertz CT molecular complexity index is 952. The van der Waals surface area contributed by atoms with Crippen LogP contribution in [0, 0.1) is 11.2 Å². The molecule has 0 atom stereocenters. The molecule has 0 fully saturated rings. The number of carbonyl (C=O) groups excluding carboxylic acids is 1. The molecule has 1 aromatic carbocycles. The monoisotopic (exact) mass is 352 g/mol. The average molecular weight is 352 g/mol. The number of carbonyl (C=O) groups is 1. The summed E-state index contributed by atoms with van der Waals surface area (Å²) in [6.45, 7) is 6.28. The number of allylic oxidation sites excluding steroid dienone is 1. The van der Waals surface area contributed by atoms with Crippen molar-refractivity contribution in [1.82, 2.24) is 14.6 Å². The number of hydrogen-bond acceptors (Lipinski definition) is 3. The van der Waals surface area contributed by atoms with Gasteiger partial charge in [0.05, 0.1) is 12.0 Å². The van der Waals surface area contributed by atoms with Gasteiger partial charge in [-0.3, -0.25) is 4.79 Å². The zero-order valence-corrected chi connectivity index (χ0v) is 15.0. The molecular weight excluding hydrogens is 331 g/mol. The molecule has 0 aliphatic carbocycles. The van der Waals surface area contributed by atoms with Gasteiger partial charge in [-0.2, -0.15) is 0 Å². The normalized spacial score (nSPS) is 12.0. The van der Waals surface area contributed by atoms with Gasteiger partial charge in [-0.25, -0.2) is 13.9 Å². The lowest BCUT2D eigenvalue weighted by atomic mass is 9.95. The number of rotatable bonds is 4. The first-order valence-corrected chi connectivity index (χ1v) is 8.39. The quantitative estimate of drug-likeness (QED) is 0.769. The smallest absolute Gasteiger partial charge is 0.230 e. The highest BCUT2D eigenvalue weighted by Crippen LogP contribution is 2.24. The van der Waals surface area contributed by atoms with Crippen molar-refractivity contribution in [2.75, 3.05) is 5.32 Å². The highest BCUT2D eigenvalue weighted by atomic mass is 19.1. The fraction of sp³-hybridized carbons (Fsp3) is 0.250. The van der Waals surface area contributed by atoms with Gasteiger partial charge >= 0.3 is 0 Å². The van der Waals surface area contributed by atoms with Gasteiger partial charge in [0, 0.05) is 12.4 Å². The first kappa shape index (κ1) is 17.8. The Hall–Kier alpha value is -3.02. The molecule has 1 N–H and O–H groups in total. The first-order chi connectivity index (χ1) is 12.3. The second kappa shape index (κ2) is 7.07. The van der Waals surface area contributed by atoms with Crippen molar-refractivity contribution < 1.29 is 9.18 Å². The molecule has 0 saturated carbocycles. The Morgan fingerprint density at radius 2 is 2.00 bits per heavy atom. The van der Waals surface area contributed by atoms with Gasteiger partial charge in [0.1, 0.15) is 5.82 Å². The molecule has 5 nitrogen and oxygen atoms in total. The predicted molar refractivity (Wildman–Crippen MR) is 100 cm³/mol. The fourth-order valence-electron chi connectivity index (χ4n) is 2.45. The summed E-state index contributed by atoms with van der Waals surface area (Å²) in [6.07, 6.45) is 7.60. The molecule has 0 aliphatic heterocycles. The van der Waals surface area contributed by atoms with Crippen LogP contribution in [0.3, 0.4) is 0 Å². The second-order valence-electron chi connectivity index (χ2n) is 7.20. The molecule has 0 unspecified atom stereocenters. The Kier molecular flexibility index (Phi) is 4.84. The summed E-state index contributed by atoms with van der Waals surface area (Å²) in [7, 11) is 0. The van der Waals surface area contributed by atoms with Crippen molar-refractivity contribution in [3.8, 4) is 0 Å². The van der Waals surface area contributed by atoms with Crippen LogP contribution in [0.25, 0.3) is 11.7 Å². The SMILES string of the molecule is CC(C)(C)C=Cc1c(NC(=O)Cc2ccc(F)cc2)nn2cccnc12. The molecule has 0 aliphatic rings. The molecule has 0 bridgehead atoms. The van der Waals surface area contributed by atoms with E-state index >= 15 is 0 Å². The maximum Gasteiger partial charge on any atom is 0.230 e. The summed E-state index contributed by atoms with van der Waals surface area (Å²) >= 11 is 0. The van der Waals surface area contributed by atoms with Crippen LogP contribution in [0.2, 0.25) is 0 Å². The number of benzene rings is 1. The van der Waals surface area contributed by atoms with E-state index in [9.17, 15) is 9.18 Å². The molecule has 134 valence electrons. The van der Waals surface area contributed by atoms with E-state index in [2.05, 4.69) is 36.2 Å². The number of nitrogens with one attached hydrogen (secondary N) is 1. The highest BCUT2D eigenvalue weighted by molar-refractivity contribution is 5.94. The molecule has 0 radical (unpaired) electrons. The van der Waals surface area contributed by atoms with Crippen LogP contribution in [0.1, 0.15) is 31.9 Å². The van der Waals surface area contributed by atoms with Gasteiger partial charge in [0.2, 0.25) is 5.91 Å². The predicted octanol–water partition coefficient (Wildman–Crippen LogP) is 4.11. The first-order valence-electron chi connectivity index (χ1n) is 8.39. The largest absolute Gasteiger partial charge is 0.308 e. The molecule has 1 amide bonds. The highest BCUT2D eigenvalue weighted by Gasteiger charge is 2.15. The number of nitrogens with zero attached hydrogens (tertiary/aromatic N) is 3. The summed E-state index contributed by atoms with van der Waals surface area (Å²) in [5, 5.41) is 7.26. The molecule has 2 aromatic heterocycles. The fourth-order valence-corrected chi connectivity index (χ4v) is 2.45. The summed E-state index contributed by atoms with van der Waals surface area (Å²) < 4.78 is 14.6. The third kappa shape index (κ3) is 4.33. The molecule has 3 rings (SSSR count). The van der Waals surface area contributed by atoms with Crippen LogP contribution in [-0.2, 0) is 11.2 Å². The Morgan fingerprint density at radius 1 is 1.27 bits per heavy atom.